The fourth-order valence-corrected chi connectivity index (χ4v) is 2.16. The molecule has 4 nitrogen and oxygen atoms in total. The number of hydrogen-bond donors (Lipinski definition) is 1. The first-order valence-corrected chi connectivity index (χ1v) is 6.95. The molecule has 0 radical (unpaired) electrons. The van der Waals surface area contributed by atoms with Gasteiger partial charge < -0.3 is 19.0 Å². The molecule has 1 N–H and O–H groups in total. The van der Waals surface area contributed by atoms with Crippen molar-refractivity contribution in [2.75, 3.05) is 14.2 Å². The van der Waals surface area contributed by atoms with E-state index in [1.165, 1.54) is 0 Å². The van der Waals surface area contributed by atoms with E-state index in [4.69, 9.17) is 19.0 Å². The van der Waals surface area contributed by atoms with Gasteiger partial charge in [-0.3, -0.25) is 0 Å². The van der Waals surface area contributed by atoms with Crippen LogP contribution >= 0.6 is 0 Å². The highest BCUT2D eigenvalue weighted by Crippen LogP contribution is 2.21. The van der Waals surface area contributed by atoms with Crippen LogP contribution in [0.1, 0.15) is 17.4 Å². The van der Waals surface area contributed by atoms with E-state index < -0.39 is 6.29 Å². The third-order valence-corrected chi connectivity index (χ3v) is 3.29. The van der Waals surface area contributed by atoms with Gasteiger partial charge in [0.25, 0.3) is 0 Å². The van der Waals surface area contributed by atoms with Crippen molar-refractivity contribution in [2.24, 2.45) is 0 Å². The number of methoxy groups -OCH3 is 2. The van der Waals surface area contributed by atoms with E-state index in [9.17, 15) is 0 Å². The van der Waals surface area contributed by atoms with E-state index in [0.29, 0.717) is 0 Å². The third kappa shape index (κ3) is 3.95. The predicted molar refractivity (Wildman–Crippen MR) is 85.3 cm³/mol. The highest BCUT2D eigenvalue weighted by molar-refractivity contribution is 5.80. The molecule has 3 rings (SSSR count). The van der Waals surface area contributed by atoms with Crippen LogP contribution in [0.2, 0.25) is 0 Å². The van der Waals surface area contributed by atoms with Crippen LogP contribution in [0.3, 0.4) is 0 Å². The first-order chi connectivity index (χ1) is 10.8. The van der Waals surface area contributed by atoms with Crippen LogP contribution in [0.5, 0.6) is 0 Å². The van der Waals surface area contributed by atoms with Gasteiger partial charge in [-0.2, -0.15) is 0 Å². The van der Waals surface area contributed by atoms with Gasteiger partial charge in [0.05, 0.1) is 19.1 Å². The van der Waals surface area contributed by atoms with Gasteiger partial charge >= 0.3 is 0 Å². The monoisotopic (exact) mass is 300 g/mol. The van der Waals surface area contributed by atoms with Crippen molar-refractivity contribution >= 4 is 10.8 Å². The molecule has 0 aliphatic heterocycles. The molecule has 0 bridgehead atoms. The van der Waals surface area contributed by atoms with Crippen molar-refractivity contribution in [1.29, 1.82) is 0 Å². The van der Waals surface area contributed by atoms with Gasteiger partial charge in [-0.05, 0) is 5.56 Å². The quantitative estimate of drug-likeness (QED) is 0.742. The Bertz CT molecular complexity index is 656. The number of benzene rings is 2. The molecule has 0 aliphatic carbocycles. The highest BCUT2D eigenvalue weighted by atomic mass is 16.7. The van der Waals surface area contributed by atoms with E-state index in [1.807, 2.05) is 48.5 Å². The lowest BCUT2D eigenvalue weighted by atomic mass is 10.1. The summed E-state index contributed by atoms with van der Waals surface area (Å²) in [5.74, 6) is 0. The average Bonchev–Trinajstić information content (AvgIpc) is 3.06. The molecule has 0 aliphatic rings. The number of ether oxygens (including phenoxy) is 2. The molecule has 0 fully saturated rings. The van der Waals surface area contributed by atoms with E-state index in [2.05, 4.69) is 0 Å². The normalized spacial score (nSPS) is 10.5. The van der Waals surface area contributed by atoms with Gasteiger partial charge in [-0.1, -0.05) is 48.5 Å². The summed E-state index contributed by atoms with van der Waals surface area (Å²) in [4.78, 5) is 0. The van der Waals surface area contributed by atoms with Crippen LogP contribution in [0.15, 0.2) is 65.5 Å². The van der Waals surface area contributed by atoms with Crippen molar-refractivity contribution in [3.63, 3.8) is 0 Å². The molecule has 3 aromatic rings. The molecule has 1 heterocycles. The van der Waals surface area contributed by atoms with E-state index in [1.54, 1.807) is 26.7 Å². The summed E-state index contributed by atoms with van der Waals surface area (Å²) < 4.78 is 15.2. The lowest BCUT2D eigenvalue weighted by molar-refractivity contribution is -0.106. The summed E-state index contributed by atoms with van der Waals surface area (Å²) in [6, 6.07) is 15.5. The van der Waals surface area contributed by atoms with Crippen molar-refractivity contribution in [3.8, 4) is 0 Å². The van der Waals surface area contributed by atoms with Crippen LogP contribution in [0.4, 0.5) is 0 Å². The Morgan fingerprint density at radius 3 is 2.00 bits per heavy atom. The smallest absolute Gasteiger partial charge is 0.183 e. The SMILES string of the molecule is COC(OC)c1ccccc1CO.c1ccc2cocc2c1. The Hall–Kier alpha value is -2.14. The molecule has 0 saturated heterocycles. The molecule has 2 aromatic carbocycles. The number of fused-ring (bicyclic) bond motifs is 1. The summed E-state index contributed by atoms with van der Waals surface area (Å²) in [6.45, 7) is -0.000602. The summed E-state index contributed by atoms with van der Waals surface area (Å²) in [6.07, 6.45) is 3.09. The standard InChI is InChI=1S/C10H14O3.C8H6O/c1-12-10(13-2)9-6-4-3-5-8(9)7-11;1-2-4-8-6-9-5-7(8)3-1/h3-6,10-11H,7H2,1-2H3;1-6H. The van der Waals surface area contributed by atoms with Gasteiger partial charge in [0, 0.05) is 30.6 Å². The molecule has 0 amide bonds. The zero-order chi connectivity index (χ0) is 15.8. The first kappa shape index (κ1) is 16.2. The predicted octanol–water partition coefficient (Wildman–Crippen LogP) is 3.90. The van der Waals surface area contributed by atoms with Crippen molar-refractivity contribution in [3.05, 3.63) is 72.2 Å². The Kier molecular flexibility index (Phi) is 6.15. The van der Waals surface area contributed by atoms with Gasteiger partial charge in [-0.15, -0.1) is 0 Å². The Morgan fingerprint density at radius 1 is 0.909 bits per heavy atom. The lowest BCUT2D eigenvalue weighted by Gasteiger charge is -2.16. The first-order valence-electron chi connectivity index (χ1n) is 6.95. The Balaban J connectivity index is 0.000000170. The molecule has 0 unspecified atom stereocenters. The maximum absolute atomic E-state index is 9.05. The van der Waals surface area contributed by atoms with Gasteiger partial charge in [-0.25, -0.2) is 0 Å². The average molecular weight is 300 g/mol. The number of hydrogen-bond acceptors (Lipinski definition) is 4. The second-order valence-corrected chi connectivity index (χ2v) is 4.66. The van der Waals surface area contributed by atoms with E-state index in [-0.39, 0.29) is 6.61 Å². The van der Waals surface area contributed by atoms with Crippen LogP contribution in [-0.4, -0.2) is 19.3 Å². The number of aliphatic hydroxyl groups excluding tert-OH is 1. The summed E-state index contributed by atoms with van der Waals surface area (Å²) in [7, 11) is 3.14. The maximum atomic E-state index is 9.05. The van der Waals surface area contributed by atoms with Crippen molar-refractivity contribution in [1.82, 2.24) is 0 Å². The fourth-order valence-electron chi connectivity index (χ4n) is 2.16. The van der Waals surface area contributed by atoms with Crippen LogP contribution < -0.4 is 0 Å². The zero-order valence-electron chi connectivity index (χ0n) is 12.7. The van der Waals surface area contributed by atoms with E-state index >= 15 is 0 Å². The fraction of sp³-hybridized carbons (Fsp3) is 0.222. The summed E-state index contributed by atoms with van der Waals surface area (Å²) in [5, 5.41) is 11.4. The number of rotatable bonds is 4. The minimum atomic E-state index is -0.400. The zero-order valence-corrected chi connectivity index (χ0v) is 12.7. The highest BCUT2D eigenvalue weighted by Gasteiger charge is 2.11. The number of furan rings is 1. The molecule has 0 atom stereocenters. The van der Waals surface area contributed by atoms with Crippen LogP contribution in [0.25, 0.3) is 10.8 Å². The van der Waals surface area contributed by atoms with Gasteiger partial charge in [0.15, 0.2) is 6.29 Å². The molecule has 0 spiro atoms. The molecular formula is C18H20O4. The van der Waals surface area contributed by atoms with Crippen molar-refractivity contribution in [2.45, 2.75) is 12.9 Å². The van der Waals surface area contributed by atoms with Crippen LogP contribution in [-0.2, 0) is 16.1 Å². The summed E-state index contributed by atoms with van der Waals surface area (Å²) >= 11 is 0. The molecular weight excluding hydrogens is 280 g/mol. The minimum Gasteiger partial charge on any atom is -0.471 e. The molecule has 0 saturated carbocycles. The third-order valence-electron chi connectivity index (χ3n) is 3.29. The Morgan fingerprint density at radius 2 is 1.45 bits per heavy atom. The minimum absolute atomic E-state index is 0.000602. The Labute approximate surface area is 129 Å². The maximum Gasteiger partial charge on any atom is 0.183 e. The molecule has 1 aromatic heterocycles. The second kappa shape index (κ2) is 8.34. The van der Waals surface area contributed by atoms with E-state index in [0.717, 1.165) is 21.9 Å². The molecule has 116 valence electrons. The van der Waals surface area contributed by atoms with Gasteiger partial charge in [0.2, 0.25) is 0 Å². The van der Waals surface area contributed by atoms with Gasteiger partial charge in [0.1, 0.15) is 0 Å². The van der Waals surface area contributed by atoms with Crippen molar-refractivity contribution < 1.29 is 19.0 Å². The summed E-state index contributed by atoms with van der Waals surface area (Å²) in [5.41, 5.74) is 1.70. The molecule has 22 heavy (non-hydrogen) atoms. The lowest BCUT2D eigenvalue weighted by Crippen LogP contribution is -2.06. The second-order valence-electron chi connectivity index (χ2n) is 4.66. The molecule has 4 heteroatoms. The number of aliphatic hydroxyl groups is 1. The van der Waals surface area contributed by atoms with Crippen LogP contribution in [0, 0.1) is 0 Å². The topological polar surface area (TPSA) is 51.8 Å². The largest absolute Gasteiger partial charge is 0.471 e.